The normalized spacial score (nSPS) is 13.8. The first kappa shape index (κ1) is 30.4. The lowest BCUT2D eigenvalue weighted by molar-refractivity contribution is 0.312. The smallest absolute Gasteiger partial charge is 0.138 e. The van der Waals surface area contributed by atoms with E-state index in [0.717, 1.165) is 82.5 Å². The highest BCUT2D eigenvalue weighted by Gasteiger charge is 2.40. The van der Waals surface area contributed by atoms with Crippen LogP contribution in [0.1, 0.15) is 16.7 Å². The van der Waals surface area contributed by atoms with Crippen LogP contribution in [-0.2, 0) is 5.54 Å². The van der Waals surface area contributed by atoms with Crippen molar-refractivity contribution in [2.75, 3.05) is 38.1 Å². The summed E-state index contributed by atoms with van der Waals surface area (Å²) in [5.74, 6) is 1.01. The van der Waals surface area contributed by atoms with Gasteiger partial charge in [0, 0.05) is 62.1 Å². The van der Waals surface area contributed by atoms with Gasteiger partial charge in [0.1, 0.15) is 17.1 Å². The first-order valence-corrected chi connectivity index (χ1v) is 16.7. The van der Waals surface area contributed by atoms with Gasteiger partial charge in [-0.1, -0.05) is 97.1 Å². The largest absolute Gasteiger partial charge is 0.354 e. The van der Waals surface area contributed by atoms with E-state index in [1.807, 2.05) is 36.8 Å². The zero-order valence-electron chi connectivity index (χ0n) is 27.5. The predicted molar refractivity (Wildman–Crippen MR) is 196 cm³/mol. The van der Waals surface area contributed by atoms with Gasteiger partial charge in [0.05, 0.1) is 11.4 Å². The summed E-state index contributed by atoms with van der Waals surface area (Å²) in [5, 5.41) is 5.44. The summed E-state index contributed by atoms with van der Waals surface area (Å²) in [5.41, 5.74) is 7.96. The Morgan fingerprint density at radius 1 is 0.551 bits per heavy atom. The van der Waals surface area contributed by atoms with Crippen molar-refractivity contribution >= 4 is 5.82 Å². The van der Waals surface area contributed by atoms with E-state index >= 15 is 0 Å². The minimum Gasteiger partial charge on any atom is -0.354 e. The standard InChI is InChI=1S/C42H37N7/c1-47-25-27-48(28-26-47)40-21-20-33(30-45-40)39-29-32(22-24-44-39)37-31-49(46-41(37)38-19-11-12-23-43-38)42(34-13-5-2-6-14-34,35-15-7-3-8-16-35)36-17-9-4-10-18-36/h2-24,29-31H,25-28H2,1H3. The second-order valence-electron chi connectivity index (χ2n) is 12.5. The summed E-state index contributed by atoms with van der Waals surface area (Å²) in [4.78, 5) is 19.1. The van der Waals surface area contributed by atoms with Gasteiger partial charge < -0.3 is 9.80 Å². The summed E-state index contributed by atoms with van der Waals surface area (Å²) in [7, 11) is 2.17. The second kappa shape index (κ2) is 13.3. The number of benzene rings is 3. The molecule has 240 valence electrons. The van der Waals surface area contributed by atoms with Crippen LogP contribution in [0.2, 0.25) is 0 Å². The highest BCUT2D eigenvalue weighted by molar-refractivity contribution is 5.81. The fraction of sp³-hybridized carbons (Fsp3) is 0.143. The fourth-order valence-corrected chi connectivity index (χ4v) is 6.90. The van der Waals surface area contributed by atoms with Crippen LogP contribution in [0, 0.1) is 0 Å². The molecule has 7 heteroatoms. The fourth-order valence-electron chi connectivity index (χ4n) is 6.90. The molecule has 0 aliphatic carbocycles. The summed E-state index contributed by atoms with van der Waals surface area (Å²) in [6.45, 7) is 4.04. The van der Waals surface area contributed by atoms with Gasteiger partial charge in [0.15, 0.2) is 0 Å². The van der Waals surface area contributed by atoms with Crippen LogP contribution in [0.15, 0.2) is 158 Å². The maximum absolute atomic E-state index is 5.44. The number of hydrogen-bond donors (Lipinski definition) is 0. The summed E-state index contributed by atoms with van der Waals surface area (Å²) >= 11 is 0. The number of likely N-dealkylation sites (N-methyl/N-ethyl adjacent to an activating group) is 1. The Morgan fingerprint density at radius 3 is 1.73 bits per heavy atom. The number of nitrogens with zero attached hydrogens (tertiary/aromatic N) is 7. The van der Waals surface area contributed by atoms with Crippen LogP contribution >= 0.6 is 0 Å². The van der Waals surface area contributed by atoms with Crippen molar-refractivity contribution in [3.63, 3.8) is 0 Å². The molecule has 3 aromatic carbocycles. The van der Waals surface area contributed by atoms with Gasteiger partial charge >= 0.3 is 0 Å². The van der Waals surface area contributed by atoms with Crippen LogP contribution in [0.3, 0.4) is 0 Å². The van der Waals surface area contributed by atoms with Crippen molar-refractivity contribution in [2.24, 2.45) is 0 Å². The minimum absolute atomic E-state index is 0.759. The van der Waals surface area contributed by atoms with Crippen molar-refractivity contribution in [1.29, 1.82) is 0 Å². The Labute approximate surface area is 287 Å². The van der Waals surface area contributed by atoms with E-state index in [-0.39, 0.29) is 0 Å². The Morgan fingerprint density at radius 2 is 1.16 bits per heavy atom. The van der Waals surface area contributed by atoms with E-state index in [0.29, 0.717) is 0 Å². The minimum atomic E-state index is -0.759. The zero-order valence-corrected chi connectivity index (χ0v) is 27.5. The molecule has 1 saturated heterocycles. The van der Waals surface area contributed by atoms with Gasteiger partial charge in [-0.3, -0.25) is 14.6 Å². The number of rotatable bonds is 8. The van der Waals surface area contributed by atoms with Crippen LogP contribution in [0.5, 0.6) is 0 Å². The molecule has 0 saturated carbocycles. The molecule has 7 nitrogen and oxygen atoms in total. The van der Waals surface area contributed by atoms with Crippen LogP contribution in [-0.4, -0.2) is 62.9 Å². The molecule has 0 atom stereocenters. The SMILES string of the molecule is CN1CCN(c2ccc(-c3cc(-c4cn(C(c5ccccc5)(c5ccccc5)c5ccccc5)nc4-c4ccccn4)ccn3)cn2)CC1. The Kier molecular flexibility index (Phi) is 8.25. The highest BCUT2D eigenvalue weighted by Crippen LogP contribution is 2.43. The topological polar surface area (TPSA) is 63.0 Å². The van der Waals surface area contributed by atoms with Gasteiger partial charge in [0.25, 0.3) is 0 Å². The van der Waals surface area contributed by atoms with Crippen LogP contribution in [0.25, 0.3) is 33.8 Å². The number of pyridine rings is 3. The molecule has 1 aliphatic rings. The van der Waals surface area contributed by atoms with E-state index < -0.39 is 5.54 Å². The summed E-state index contributed by atoms with van der Waals surface area (Å²) < 4.78 is 2.12. The molecule has 1 fully saturated rings. The average Bonchev–Trinajstić information content (AvgIpc) is 3.63. The maximum Gasteiger partial charge on any atom is 0.138 e. The first-order chi connectivity index (χ1) is 24.2. The predicted octanol–water partition coefficient (Wildman–Crippen LogP) is 7.66. The molecule has 0 amide bonds. The number of aromatic nitrogens is 5. The number of piperazine rings is 1. The van der Waals surface area contributed by atoms with E-state index in [2.05, 4.69) is 143 Å². The molecule has 8 rings (SSSR count). The maximum atomic E-state index is 5.44. The molecule has 1 aliphatic heterocycles. The lowest BCUT2D eigenvalue weighted by atomic mass is 9.77. The van der Waals surface area contributed by atoms with E-state index in [1.54, 1.807) is 0 Å². The molecule has 0 bridgehead atoms. The monoisotopic (exact) mass is 639 g/mol. The van der Waals surface area contributed by atoms with Gasteiger partial charge in [0.2, 0.25) is 0 Å². The van der Waals surface area contributed by atoms with Crippen molar-refractivity contribution in [3.05, 3.63) is 175 Å². The second-order valence-corrected chi connectivity index (χ2v) is 12.5. The lowest BCUT2D eigenvalue weighted by Gasteiger charge is -2.36. The molecule has 5 heterocycles. The third-order valence-corrected chi connectivity index (χ3v) is 9.48. The Bertz CT molecular complexity index is 2030. The van der Waals surface area contributed by atoms with Gasteiger partial charge in [-0.2, -0.15) is 5.10 Å². The third-order valence-electron chi connectivity index (χ3n) is 9.48. The molecule has 0 unspecified atom stereocenters. The van der Waals surface area contributed by atoms with Crippen molar-refractivity contribution in [1.82, 2.24) is 29.6 Å². The highest BCUT2D eigenvalue weighted by atomic mass is 15.3. The van der Waals surface area contributed by atoms with Gasteiger partial charge in [-0.05, 0) is 65.7 Å². The Hall–Kier alpha value is -5.92. The van der Waals surface area contributed by atoms with Crippen molar-refractivity contribution in [3.8, 4) is 33.8 Å². The summed E-state index contributed by atoms with van der Waals surface area (Å²) in [6, 6.07) is 46.3. The zero-order chi connectivity index (χ0) is 33.0. The first-order valence-electron chi connectivity index (χ1n) is 16.7. The molecular weight excluding hydrogens is 603 g/mol. The molecule has 49 heavy (non-hydrogen) atoms. The van der Waals surface area contributed by atoms with Crippen LogP contribution < -0.4 is 4.90 Å². The molecule has 7 aromatic rings. The van der Waals surface area contributed by atoms with Crippen molar-refractivity contribution in [2.45, 2.75) is 5.54 Å². The van der Waals surface area contributed by atoms with Gasteiger partial charge in [-0.25, -0.2) is 4.98 Å². The molecular formula is C42H37N7. The summed E-state index contributed by atoms with van der Waals surface area (Å²) in [6.07, 6.45) is 7.80. The van der Waals surface area contributed by atoms with E-state index in [4.69, 9.17) is 20.1 Å². The lowest BCUT2D eigenvalue weighted by Crippen LogP contribution is -2.44. The number of hydrogen-bond acceptors (Lipinski definition) is 6. The van der Waals surface area contributed by atoms with Crippen LogP contribution in [0.4, 0.5) is 5.82 Å². The Balaban J connectivity index is 1.29. The molecule has 4 aromatic heterocycles. The molecule has 0 spiro atoms. The van der Waals surface area contributed by atoms with Crippen molar-refractivity contribution < 1.29 is 0 Å². The van der Waals surface area contributed by atoms with E-state index in [1.165, 1.54) is 0 Å². The quantitative estimate of drug-likeness (QED) is 0.159. The third kappa shape index (κ3) is 5.79. The number of anilines is 1. The average molecular weight is 640 g/mol. The molecule has 0 radical (unpaired) electrons. The van der Waals surface area contributed by atoms with E-state index in [9.17, 15) is 0 Å². The molecule has 0 N–H and O–H groups in total. The van der Waals surface area contributed by atoms with Gasteiger partial charge in [-0.15, -0.1) is 0 Å².